The molecule has 0 saturated heterocycles. The average Bonchev–Trinajstić information content (AvgIpc) is 2.87. The first-order valence-corrected chi connectivity index (χ1v) is 7.90. The van der Waals surface area contributed by atoms with E-state index in [2.05, 4.69) is 9.72 Å². The van der Waals surface area contributed by atoms with Crippen LogP contribution >= 0.6 is 0 Å². The second-order valence-corrected chi connectivity index (χ2v) is 5.78. The molecule has 26 heavy (non-hydrogen) atoms. The number of aromatic amines is 1. The van der Waals surface area contributed by atoms with Crippen molar-refractivity contribution < 1.29 is 32.9 Å². The third kappa shape index (κ3) is 4.32. The monoisotopic (exact) mass is 369 g/mol. The Morgan fingerprint density at radius 2 is 1.96 bits per heavy atom. The molecule has 0 fully saturated rings. The smallest absolute Gasteiger partial charge is 0.387 e. The van der Waals surface area contributed by atoms with E-state index < -0.39 is 18.7 Å². The minimum absolute atomic E-state index is 0.0777. The number of hydrogen-bond acceptors (Lipinski definition) is 5. The maximum absolute atomic E-state index is 12.3. The molecule has 142 valence electrons. The maximum atomic E-state index is 12.3. The van der Waals surface area contributed by atoms with Gasteiger partial charge < -0.3 is 24.3 Å². The highest BCUT2D eigenvalue weighted by Gasteiger charge is 2.21. The summed E-state index contributed by atoms with van der Waals surface area (Å²) in [5.41, 5.74) is 2.80. The molecule has 0 unspecified atom stereocenters. The number of aromatic nitrogens is 1. The van der Waals surface area contributed by atoms with Crippen molar-refractivity contribution in [3.63, 3.8) is 0 Å². The van der Waals surface area contributed by atoms with E-state index in [0.717, 1.165) is 0 Å². The van der Waals surface area contributed by atoms with Gasteiger partial charge in [0, 0.05) is 11.3 Å². The van der Waals surface area contributed by atoms with Crippen molar-refractivity contribution in [3.05, 3.63) is 46.3 Å². The van der Waals surface area contributed by atoms with E-state index >= 15 is 0 Å². The molecular weight excluding hydrogens is 348 g/mol. The van der Waals surface area contributed by atoms with Gasteiger partial charge in [0.15, 0.2) is 11.5 Å². The zero-order valence-corrected chi connectivity index (χ0v) is 14.9. The number of aliphatic hydroxyl groups excluding tert-OH is 1. The fraction of sp³-hybridized carbons (Fsp3) is 0.389. The lowest BCUT2D eigenvalue weighted by Gasteiger charge is -2.11. The van der Waals surface area contributed by atoms with Crippen molar-refractivity contribution in [2.45, 2.75) is 40.1 Å². The van der Waals surface area contributed by atoms with Crippen LogP contribution in [0.5, 0.6) is 11.5 Å². The molecule has 2 aromatic rings. The number of carbonyl (C=O) groups excluding carboxylic acids is 1. The van der Waals surface area contributed by atoms with Gasteiger partial charge in [-0.25, -0.2) is 4.79 Å². The molecule has 0 spiro atoms. The summed E-state index contributed by atoms with van der Waals surface area (Å²) >= 11 is 0. The Morgan fingerprint density at radius 1 is 1.27 bits per heavy atom. The third-order valence-corrected chi connectivity index (χ3v) is 3.93. The van der Waals surface area contributed by atoms with Crippen LogP contribution in [0.15, 0.2) is 18.2 Å². The van der Waals surface area contributed by atoms with Gasteiger partial charge in [-0.05, 0) is 44.0 Å². The largest absolute Gasteiger partial charge is 0.493 e. The summed E-state index contributed by atoms with van der Waals surface area (Å²) < 4.78 is 39.3. The number of esters is 1. The number of alkyl halides is 2. The van der Waals surface area contributed by atoms with Gasteiger partial charge in [-0.3, -0.25) is 0 Å². The molecule has 1 heterocycles. The minimum Gasteiger partial charge on any atom is -0.493 e. The predicted octanol–water partition coefficient (Wildman–Crippen LogP) is 3.65. The lowest BCUT2D eigenvalue weighted by atomic mass is 10.1. The minimum atomic E-state index is -2.96. The van der Waals surface area contributed by atoms with E-state index in [1.807, 2.05) is 0 Å². The predicted molar refractivity (Wildman–Crippen MR) is 89.6 cm³/mol. The molecular formula is C18H21F2NO5. The van der Waals surface area contributed by atoms with Crippen LogP contribution in [0.2, 0.25) is 0 Å². The number of rotatable bonds is 7. The van der Waals surface area contributed by atoms with Gasteiger partial charge in [-0.15, -0.1) is 0 Å². The summed E-state index contributed by atoms with van der Waals surface area (Å²) in [7, 11) is 1.33. The maximum Gasteiger partial charge on any atom is 0.387 e. The zero-order chi connectivity index (χ0) is 19.4. The quantitative estimate of drug-likeness (QED) is 0.728. The number of aliphatic hydroxyl groups is 1. The first-order valence-electron chi connectivity index (χ1n) is 7.90. The van der Waals surface area contributed by atoms with Crippen LogP contribution < -0.4 is 9.47 Å². The molecule has 2 N–H and O–H groups in total. The van der Waals surface area contributed by atoms with Crippen LogP contribution in [0.25, 0.3) is 0 Å². The summed E-state index contributed by atoms with van der Waals surface area (Å²) in [6.07, 6.45) is -0.709. The van der Waals surface area contributed by atoms with E-state index in [1.54, 1.807) is 20.8 Å². The van der Waals surface area contributed by atoms with Gasteiger partial charge in [0.05, 0.1) is 13.2 Å². The molecule has 6 nitrogen and oxygen atoms in total. The molecule has 8 heteroatoms. The molecule has 0 radical (unpaired) electrons. The second kappa shape index (κ2) is 8.18. The molecule has 0 saturated carbocycles. The van der Waals surface area contributed by atoms with Gasteiger partial charge in [0.1, 0.15) is 12.3 Å². The van der Waals surface area contributed by atoms with Gasteiger partial charge in [-0.2, -0.15) is 8.78 Å². The first kappa shape index (κ1) is 19.7. The normalized spacial score (nSPS) is 12.2. The number of H-pyrrole nitrogens is 1. The van der Waals surface area contributed by atoms with Crippen molar-refractivity contribution in [2.24, 2.45) is 0 Å². The van der Waals surface area contributed by atoms with Crippen molar-refractivity contribution in [1.29, 1.82) is 0 Å². The molecule has 0 bridgehead atoms. The molecule has 1 aromatic carbocycles. The standard InChI is InChI=1S/C18H21F2NO5/c1-9-15(11(3)22)10(2)21-16(9)17(23)25-8-12-5-6-13(26-18(19)20)14(7-12)24-4/h5-7,11,18,21-22H,8H2,1-4H3/t11-/m1/s1. The lowest BCUT2D eigenvalue weighted by molar-refractivity contribution is -0.0512. The van der Waals surface area contributed by atoms with Gasteiger partial charge in [0.25, 0.3) is 0 Å². The molecule has 1 aromatic heterocycles. The second-order valence-electron chi connectivity index (χ2n) is 5.78. The summed E-state index contributed by atoms with van der Waals surface area (Å²) in [5.74, 6) is -0.568. The molecule has 1 atom stereocenters. The number of benzene rings is 1. The highest BCUT2D eigenvalue weighted by molar-refractivity contribution is 5.89. The van der Waals surface area contributed by atoms with E-state index in [4.69, 9.17) is 9.47 Å². The number of aryl methyl sites for hydroxylation is 1. The number of nitrogens with one attached hydrogen (secondary N) is 1. The molecule has 0 amide bonds. The van der Waals surface area contributed by atoms with Crippen LogP contribution in [0.1, 0.15) is 45.9 Å². The first-order chi connectivity index (χ1) is 12.2. The van der Waals surface area contributed by atoms with Crippen molar-refractivity contribution in [3.8, 4) is 11.5 Å². The summed E-state index contributed by atoms with van der Waals surface area (Å²) in [6.45, 7) is 2.06. The Morgan fingerprint density at radius 3 is 2.50 bits per heavy atom. The molecule has 2 rings (SSSR count). The third-order valence-electron chi connectivity index (χ3n) is 3.93. The Labute approximate surface area is 149 Å². The van der Waals surface area contributed by atoms with Crippen LogP contribution in [-0.4, -0.2) is 29.8 Å². The zero-order valence-electron chi connectivity index (χ0n) is 14.9. The van der Waals surface area contributed by atoms with E-state index in [9.17, 15) is 18.7 Å². The number of hydrogen-bond donors (Lipinski definition) is 2. The fourth-order valence-corrected chi connectivity index (χ4v) is 2.81. The molecule has 0 aliphatic rings. The molecule has 0 aliphatic carbocycles. The number of carbonyl (C=O) groups is 1. The summed E-state index contributed by atoms with van der Waals surface area (Å²) in [4.78, 5) is 15.2. The van der Waals surface area contributed by atoms with Crippen LogP contribution in [0, 0.1) is 13.8 Å². The highest BCUT2D eigenvalue weighted by atomic mass is 19.3. The van der Waals surface area contributed by atoms with Crippen LogP contribution in [0.4, 0.5) is 8.78 Å². The van der Waals surface area contributed by atoms with Crippen LogP contribution in [0.3, 0.4) is 0 Å². The number of ether oxygens (including phenoxy) is 3. The number of methoxy groups -OCH3 is 1. The highest BCUT2D eigenvalue weighted by Crippen LogP contribution is 2.30. The van der Waals surface area contributed by atoms with E-state index in [-0.39, 0.29) is 23.8 Å². The number of halogens is 2. The van der Waals surface area contributed by atoms with Crippen molar-refractivity contribution in [2.75, 3.05) is 7.11 Å². The Kier molecular flexibility index (Phi) is 6.20. The van der Waals surface area contributed by atoms with Crippen molar-refractivity contribution >= 4 is 5.97 Å². The Bertz CT molecular complexity index is 786. The van der Waals surface area contributed by atoms with Gasteiger partial charge >= 0.3 is 12.6 Å². The Hall–Kier alpha value is -2.61. The topological polar surface area (TPSA) is 80.8 Å². The summed E-state index contributed by atoms with van der Waals surface area (Å²) in [6, 6.07) is 4.28. The van der Waals surface area contributed by atoms with E-state index in [1.165, 1.54) is 25.3 Å². The SMILES string of the molecule is COc1cc(COC(=O)c2[nH]c(C)c([C@@H](C)O)c2C)ccc1OC(F)F. The van der Waals surface area contributed by atoms with Gasteiger partial charge in [-0.1, -0.05) is 6.07 Å². The fourth-order valence-electron chi connectivity index (χ4n) is 2.81. The van der Waals surface area contributed by atoms with E-state index in [0.29, 0.717) is 22.4 Å². The lowest BCUT2D eigenvalue weighted by Crippen LogP contribution is -2.08. The van der Waals surface area contributed by atoms with Crippen LogP contribution in [-0.2, 0) is 11.3 Å². The summed E-state index contributed by atoms with van der Waals surface area (Å²) in [5, 5.41) is 9.78. The van der Waals surface area contributed by atoms with Crippen molar-refractivity contribution in [1.82, 2.24) is 4.98 Å². The average molecular weight is 369 g/mol. The van der Waals surface area contributed by atoms with Gasteiger partial charge in [0.2, 0.25) is 0 Å². The molecule has 0 aliphatic heterocycles. The Balaban J connectivity index is 2.11.